The summed E-state index contributed by atoms with van der Waals surface area (Å²) in [6, 6.07) is 7.09. The predicted octanol–water partition coefficient (Wildman–Crippen LogP) is 5.75. The predicted molar refractivity (Wildman–Crippen MR) is 79.7 cm³/mol. The average molecular weight is 262 g/mol. The fourth-order valence-electron chi connectivity index (χ4n) is 3.36. The van der Waals surface area contributed by atoms with Gasteiger partial charge >= 0.3 is 0 Å². The molecule has 1 aliphatic rings. The molecule has 106 valence electrons. The Balaban J connectivity index is 1.68. The molecule has 0 bridgehead atoms. The van der Waals surface area contributed by atoms with E-state index in [9.17, 15) is 4.39 Å². The van der Waals surface area contributed by atoms with Crippen molar-refractivity contribution in [3.8, 4) is 0 Å². The third-order valence-electron chi connectivity index (χ3n) is 4.66. The molecule has 0 unspecified atom stereocenters. The van der Waals surface area contributed by atoms with E-state index in [-0.39, 0.29) is 5.82 Å². The summed E-state index contributed by atoms with van der Waals surface area (Å²) in [5.41, 5.74) is 1.16. The van der Waals surface area contributed by atoms with Crippen LogP contribution in [0.2, 0.25) is 0 Å². The molecule has 0 radical (unpaired) electrons. The van der Waals surface area contributed by atoms with E-state index in [0.717, 1.165) is 23.8 Å². The van der Waals surface area contributed by atoms with Crippen LogP contribution in [-0.2, 0) is 6.42 Å². The van der Waals surface area contributed by atoms with E-state index in [0.29, 0.717) is 0 Å². The van der Waals surface area contributed by atoms with Crippen molar-refractivity contribution < 1.29 is 4.39 Å². The third kappa shape index (κ3) is 4.97. The van der Waals surface area contributed by atoms with Crippen LogP contribution in [-0.4, -0.2) is 0 Å². The van der Waals surface area contributed by atoms with Crippen molar-refractivity contribution in [1.29, 1.82) is 0 Å². The van der Waals surface area contributed by atoms with Crippen LogP contribution in [0.4, 0.5) is 4.39 Å². The molecule has 0 aromatic heterocycles. The maximum atomic E-state index is 13.1. The minimum atomic E-state index is -0.0965. The number of aryl methyl sites for hydroxylation is 1. The summed E-state index contributed by atoms with van der Waals surface area (Å²) >= 11 is 0. The fraction of sp³-hybridized carbons (Fsp3) is 0.667. The summed E-state index contributed by atoms with van der Waals surface area (Å²) in [7, 11) is 0. The zero-order valence-electron chi connectivity index (χ0n) is 12.2. The Hall–Kier alpha value is -0.850. The number of unbranched alkanes of at least 4 members (excludes halogenated alkanes) is 1. The first-order chi connectivity index (χ1) is 9.28. The quantitative estimate of drug-likeness (QED) is 0.612. The smallest absolute Gasteiger partial charge is 0.123 e. The molecular weight excluding hydrogens is 235 g/mol. The second-order valence-electron chi connectivity index (χ2n) is 6.20. The maximum absolute atomic E-state index is 13.1. The second kappa shape index (κ2) is 7.67. The number of benzene rings is 1. The van der Waals surface area contributed by atoms with Crippen molar-refractivity contribution in [3.05, 3.63) is 35.6 Å². The van der Waals surface area contributed by atoms with E-state index in [1.54, 1.807) is 6.07 Å². The maximum Gasteiger partial charge on any atom is 0.123 e. The lowest BCUT2D eigenvalue weighted by molar-refractivity contribution is 0.250. The molecular formula is C18H27F. The molecule has 1 aromatic carbocycles. The summed E-state index contributed by atoms with van der Waals surface area (Å²) in [6.07, 6.45) is 12.1. The Bertz CT molecular complexity index is 364. The Morgan fingerprint density at radius 3 is 2.37 bits per heavy atom. The molecule has 1 fully saturated rings. The summed E-state index contributed by atoms with van der Waals surface area (Å²) in [4.78, 5) is 0. The highest BCUT2D eigenvalue weighted by atomic mass is 19.1. The average Bonchev–Trinajstić information content (AvgIpc) is 2.44. The van der Waals surface area contributed by atoms with Crippen LogP contribution >= 0.6 is 0 Å². The molecule has 0 amide bonds. The van der Waals surface area contributed by atoms with Crippen molar-refractivity contribution >= 4 is 0 Å². The molecule has 19 heavy (non-hydrogen) atoms. The minimum Gasteiger partial charge on any atom is -0.207 e. The highest BCUT2D eigenvalue weighted by Crippen LogP contribution is 2.34. The van der Waals surface area contributed by atoms with Gasteiger partial charge in [-0.25, -0.2) is 4.39 Å². The van der Waals surface area contributed by atoms with Gasteiger partial charge in [0.15, 0.2) is 0 Å². The SMILES string of the molecule is CCCCC1CCC(CCc2cccc(F)c2)CC1. The third-order valence-corrected chi connectivity index (χ3v) is 4.66. The van der Waals surface area contributed by atoms with Gasteiger partial charge in [0.05, 0.1) is 0 Å². The van der Waals surface area contributed by atoms with Gasteiger partial charge in [-0.2, -0.15) is 0 Å². The lowest BCUT2D eigenvalue weighted by Gasteiger charge is -2.28. The van der Waals surface area contributed by atoms with Gasteiger partial charge in [-0.3, -0.25) is 0 Å². The largest absolute Gasteiger partial charge is 0.207 e. The van der Waals surface area contributed by atoms with Crippen molar-refractivity contribution in [2.24, 2.45) is 11.8 Å². The molecule has 2 rings (SSSR count). The van der Waals surface area contributed by atoms with Crippen LogP contribution in [0.25, 0.3) is 0 Å². The van der Waals surface area contributed by atoms with E-state index >= 15 is 0 Å². The standard InChI is InChI=1S/C18H27F/c1-2-3-5-15-8-10-16(11-9-15)12-13-17-6-4-7-18(19)14-17/h4,6-7,14-16H,2-3,5,8-13H2,1H3. The first-order valence-corrected chi connectivity index (χ1v) is 8.02. The highest BCUT2D eigenvalue weighted by Gasteiger charge is 2.20. The Kier molecular flexibility index (Phi) is 5.88. The van der Waals surface area contributed by atoms with Crippen LogP contribution in [0.3, 0.4) is 0 Å². The fourth-order valence-corrected chi connectivity index (χ4v) is 3.36. The molecule has 0 aliphatic heterocycles. The zero-order chi connectivity index (χ0) is 13.5. The van der Waals surface area contributed by atoms with Crippen LogP contribution in [0.1, 0.15) is 63.9 Å². The molecule has 0 saturated heterocycles. The molecule has 0 heterocycles. The van der Waals surface area contributed by atoms with Crippen LogP contribution < -0.4 is 0 Å². The van der Waals surface area contributed by atoms with Crippen molar-refractivity contribution in [1.82, 2.24) is 0 Å². The lowest BCUT2D eigenvalue weighted by atomic mass is 9.78. The first-order valence-electron chi connectivity index (χ1n) is 8.02. The van der Waals surface area contributed by atoms with Crippen LogP contribution in [0.15, 0.2) is 24.3 Å². The summed E-state index contributed by atoms with van der Waals surface area (Å²) in [5.74, 6) is 1.77. The Labute approximate surface area is 117 Å². The van der Waals surface area contributed by atoms with Gasteiger partial charge in [0.1, 0.15) is 5.82 Å². The Morgan fingerprint density at radius 2 is 1.74 bits per heavy atom. The molecule has 1 aromatic rings. The van der Waals surface area contributed by atoms with Crippen molar-refractivity contribution in [2.75, 3.05) is 0 Å². The van der Waals surface area contributed by atoms with Crippen LogP contribution in [0, 0.1) is 17.7 Å². The molecule has 0 spiro atoms. The number of hydrogen-bond donors (Lipinski definition) is 0. The lowest BCUT2D eigenvalue weighted by Crippen LogP contribution is -2.15. The molecule has 1 heteroatoms. The van der Waals surface area contributed by atoms with E-state index in [2.05, 4.69) is 13.0 Å². The normalized spacial score (nSPS) is 23.5. The van der Waals surface area contributed by atoms with Gasteiger partial charge in [0.25, 0.3) is 0 Å². The van der Waals surface area contributed by atoms with Gasteiger partial charge in [0, 0.05) is 0 Å². The van der Waals surface area contributed by atoms with Gasteiger partial charge in [0.2, 0.25) is 0 Å². The molecule has 0 nitrogen and oxygen atoms in total. The topological polar surface area (TPSA) is 0 Å². The Morgan fingerprint density at radius 1 is 1.05 bits per heavy atom. The van der Waals surface area contributed by atoms with Gasteiger partial charge in [-0.05, 0) is 42.4 Å². The van der Waals surface area contributed by atoms with E-state index in [1.807, 2.05) is 6.07 Å². The summed E-state index contributed by atoms with van der Waals surface area (Å²) in [5, 5.41) is 0. The van der Waals surface area contributed by atoms with Crippen molar-refractivity contribution in [3.63, 3.8) is 0 Å². The first kappa shape index (κ1) is 14.6. The van der Waals surface area contributed by atoms with Crippen LogP contribution in [0.5, 0.6) is 0 Å². The summed E-state index contributed by atoms with van der Waals surface area (Å²) < 4.78 is 13.1. The second-order valence-corrected chi connectivity index (χ2v) is 6.20. The van der Waals surface area contributed by atoms with E-state index < -0.39 is 0 Å². The van der Waals surface area contributed by atoms with Gasteiger partial charge in [-0.15, -0.1) is 0 Å². The van der Waals surface area contributed by atoms with E-state index in [1.165, 1.54) is 57.4 Å². The minimum absolute atomic E-state index is 0.0965. The number of halogens is 1. The number of hydrogen-bond acceptors (Lipinski definition) is 0. The molecule has 0 N–H and O–H groups in total. The monoisotopic (exact) mass is 262 g/mol. The zero-order valence-corrected chi connectivity index (χ0v) is 12.2. The summed E-state index contributed by atoms with van der Waals surface area (Å²) in [6.45, 7) is 2.28. The van der Waals surface area contributed by atoms with Crippen molar-refractivity contribution in [2.45, 2.75) is 64.7 Å². The van der Waals surface area contributed by atoms with E-state index in [4.69, 9.17) is 0 Å². The van der Waals surface area contributed by atoms with Gasteiger partial charge in [-0.1, -0.05) is 64.0 Å². The highest BCUT2D eigenvalue weighted by molar-refractivity contribution is 5.16. The molecule has 1 saturated carbocycles. The molecule has 0 atom stereocenters. The number of rotatable bonds is 6. The van der Waals surface area contributed by atoms with Gasteiger partial charge < -0.3 is 0 Å². The molecule has 1 aliphatic carbocycles.